The molecule has 0 aliphatic carbocycles. The van der Waals surface area contributed by atoms with E-state index in [4.69, 9.17) is 0 Å². The number of carbonyl (C=O) groups is 1. The van der Waals surface area contributed by atoms with Crippen molar-refractivity contribution < 1.29 is 9.18 Å². The summed E-state index contributed by atoms with van der Waals surface area (Å²) in [7, 11) is 1.90. The van der Waals surface area contributed by atoms with Crippen LogP contribution in [0.5, 0.6) is 0 Å². The summed E-state index contributed by atoms with van der Waals surface area (Å²) in [5, 5.41) is 0. The third-order valence-corrected chi connectivity index (χ3v) is 5.60. The lowest BCUT2D eigenvalue weighted by Crippen LogP contribution is -2.44. The van der Waals surface area contributed by atoms with E-state index in [0.717, 1.165) is 51.1 Å². The number of likely N-dealkylation sites (tertiary alicyclic amines) is 1. The van der Waals surface area contributed by atoms with Gasteiger partial charge in [0.1, 0.15) is 5.69 Å². The van der Waals surface area contributed by atoms with Crippen molar-refractivity contribution in [2.24, 2.45) is 12.5 Å². The molecule has 0 atom stereocenters. The lowest BCUT2D eigenvalue weighted by molar-refractivity contribution is 0.0601. The van der Waals surface area contributed by atoms with Crippen molar-refractivity contribution in [2.75, 3.05) is 31.1 Å². The number of nitrogens with zero attached hydrogens (tertiary/aromatic N) is 5. The van der Waals surface area contributed by atoms with Crippen LogP contribution in [0.3, 0.4) is 0 Å². The van der Waals surface area contributed by atoms with Gasteiger partial charge in [-0.1, -0.05) is 0 Å². The fourth-order valence-corrected chi connectivity index (χ4v) is 4.01. The summed E-state index contributed by atoms with van der Waals surface area (Å²) < 4.78 is 14.9. The summed E-state index contributed by atoms with van der Waals surface area (Å²) in [6.07, 6.45) is 7.38. The minimum absolute atomic E-state index is 0.110. The van der Waals surface area contributed by atoms with Gasteiger partial charge in [0.05, 0.1) is 12.4 Å². The molecule has 4 rings (SSSR count). The summed E-state index contributed by atoms with van der Waals surface area (Å²) in [5.74, 6) is 0.296. The first-order chi connectivity index (χ1) is 12.1. The molecule has 2 aromatic heterocycles. The molecule has 0 aromatic carbocycles. The average molecular weight is 343 g/mol. The van der Waals surface area contributed by atoms with Crippen LogP contribution in [0.1, 0.15) is 29.8 Å². The fraction of sp³-hybridized carbons (Fsp3) is 0.500. The Morgan fingerprint density at radius 2 is 1.84 bits per heavy atom. The topological polar surface area (TPSA) is 54.3 Å². The molecule has 1 spiro atoms. The molecule has 0 unspecified atom stereocenters. The van der Waals surface area contributed by atoms with Crippen molar-refractivity contribution in [2.45, 2.75) is 19.3 Å². The van der Waals surface area contributed by atoms with Crippen molar-refractivity contribution in [1.29, 1.82) is 0 Å². The number of aromatic nitrogens is 3. The molecule has 6 nitrogen and oxygen atoms in total. The Balaban J connectivity index is 1.39. The highest BCUT2D eigenvalue weighted by Gasteiger charge is 2.42. The molecule has 25 heavy (non-hydrogen) atoms. The van der Waals surface area contributed by atoms with Gasteiger partial charge in [-0.25, -0.2) is 14.4 Å². The van der Waals surface area contributed by atoms with Gasteiger partial charge in [0.15, 0.2) is 5.82 Å². The highest BCUT2D eigenvalue weighted by molar-refractivity contribution is 5.92. The van der Waals surface area contributed by atoms with Crippen LogP contribution in [-0.4, -0.2) is 51.5 Å². The first-order valence-electron chi connectivity index (χ1n) is 8.69. The van der Waals surface area contributed by atoms with E-state index in [2.05, 4.69) is 14.9 Å². The summed E-state index contributed by atoms with van der Waals surface area (Å²) >= 11 is 0. The Hall–Kier alpha value is -2.44. The molecule has 7 heteroatoms. The lowest BCUT2D eigenvalue weighted by atomic mass is 9.77. The third-order valence-electron chi connectivity index (χ3n) is 5.60. The Morgan fingerprint density at radius 1 is 1.16 bits per heavy atom. The SMILES string of the molecule is Cn1cccc1C(=O)N1CCC2(CC1)CCN(c1ncc(F)cn1)C2. The van der Waals surface area contributed by atoms with Crippen molar-refractivity contribution in [1.82, 2.24) is 19.4 Å². The van der Waals surface area contributed by atoms with Crippen LogP contribution in [-0.2, 0) is 7.05 Å². The van der Waals surface area contributed by atoms with E-state index in [-0.39, 0.29) is 11.3 Å². The van der Waals surface area contributed by atoms with Crippen molar-refractivity contribution >= 4 is 11.9 Å². The van der Waals surface area contributed by atoms with E-state index in [1.165, 1.54) is 12.4 Å². The van der Waals surface area contributed by atoms with E-state index in [1.807, 2.05) is 34.8 Å². The number of amides is 1. The maximum absolute atomic E-state index is 13.0. The minimum Gasteiger partial charge on any atom is -0.347 e. The van der Waals surface area contributed by atoms with E-state index in [1.54, 1.807) is 0 Å². The van der Waals surface area contributed by atoms with Crippen molar-refractivity contribution in [3.05, 3.63) is 42.2 Å². The average Bonchev–Trinajstić information content (AvgIpc) is 3.23. The van der Waals surface area contributed by atoms with Crippen molar-refractivity contribution in [3.8, 4) is 0 Å². The first kappa shape index (κ1) is 16.1. The largest absolute Gasteiger partial charge is 0.347 e. The predicted molar refractivity (Wildman–Crippen MR) is 91.8 cm³/mol. The first-order valence-corrected chi connectivity index (χ1v) is 8.69. The van der Waals surface area contributed by atoms with Crippen LogP contribution in [0.2, 0.25) is 0 Å². The maximum atomic E-state index is 13.0. The van der Waals surface area contributed by atoms with Crippen LogP contribution in [0, 0.1) is 11.2 Å². The Morgan fingerprint density at radius 3 is 2.48 bits per heavy atom. The lowest BCUT2D eigenvalue weighted by Gasteiger charge is -2.39. The Bertz CT molecular complexity index is 764. The van der Waals surface area contributed by atoms with Gasteiger partial charge < -0.3 is 14.4 Å². The Labute approximate surface area is 146 Å². The molecular weight excluding hydrogens is 321 g/mol. The van der Waals surface area contributed by atoms with E-state index < -0.39 is 5.82 Å². The molecule has 2 saturated heterocycles. The van der Waals surface area contributed by atoms with Gasteiger partial charge in [-0.05, 0) is 36.8 Å². The van der Waals surface area contributed by atoms with Gasteiger partial charge in [-0.2, -0.15) is 0 Å². The van der Waals surface area contributed by atoms with Crippen LogP contribution in [0.25, 0.3) is 0 Å². The highest BCUT2D eigenvalue weighted by Crippen LogP contribution is 2.41. The second kappa shape index (κ2) is 6.13. The Kier molecular flexibility index (Phi) is 3.94. The number of halogens is 1. The van der Waals surface area contributed by atoms with Gasteiger partial charge in [0.2, 0.25) is 5.95 Å². The zero-order chi connectivity index (χ0) is 17.4. The second-order valence-electron chi connectivity index (χ2n) is 7.17. The molecule has 1 amide bonds. The van der Waals surface area contributed by atoms with Crippen LogP contribution in [0.15, 0.2) is 30.7 Å². The molecule has 0 radical (unpaired) electrons. The normalized spacial score (nSPS) is 19.6. The maximum Gasteiger partial charge on any atom is 0.270 e. The number of piperidine rings is 1. The molecule has 2 fully saturated rings. The summed E-state index contributed by atoms with van der Waals surface area (Å²) in [6.45, 7) is 3.33. The van der Waals surface area contributed by atoms with Gasteiger partial charge in [0.25, 0.3) is 5.91 Å². The second-order valence-corrected chi connectivity index (χ2v) is 7.17. The standard InChI is InChI=1S/C18H22FN5O/c1-22-7-2-3-15(22)16(25)23-8-4-18(5-9-23)6-10-24(13-18)17-20-11-14(19)12-21-17/h2-3,7,11-12H,4-6,8-10,13H2,1H3. The summed E-state index contributed by atoms with van der Waals surface area (Å²) in [4.78, 5) is 24.9. The molecular formula is C18H22FN5O. The van der Waals surface area contributed by atoms with Crippen LogP contribution >= 0.6 is 0 Å². The monoisotopic (exact) mass is 343 g/mol. The number of anilines is 1. The molecule has 4 heterocycles. The number of carbonyl (C=O) groups excluding carboxylic acids is 1. The van der Waals surface area contributed by atoms with E-state index >= 15 is 0 Å². The fourth-order valence-electron chi connectivity index (χ4n) is 4.01. The number of hydrogen-bond acceptors (Lipinski definition) is 4. The molecule has 2 aliphatic heterocycles. The van der Waals surface area contributed by atoms with Crippen LogP contribution < -0.4 is 4.90 Å². The van der Waals surface area contributed by atoms with Gasteiger partial charge in [0, 0.05) is 39.4 Å². The number of rotatable bonds is 2. The summed E-state index contributed by atoms with van der Waals surface area (Å²) in [5.41, 5.74) is 0.951. The zero-order valence-corrected chi connectivity index (χ0v) is 14.4. The van der Waals surface area contributed by atoms with Crippen LogP contribution in [0.4, 0.5) is 10.3 Å². The smallest absolute Gasteiger partial charge is 0.270 e. The minimum atomic E-state index is -0.412. The molecule has 2 aliphatic rings. The highest BCUT2D eigenvalue weighted by atomic mass is 19.1. The quantitative estimate of drug-likeness (QED) is 0.838. The molecule has 0 saturated carbocycles. The zero-order valence-electron chi connectivity index (χ0n) is 14.4. The molecule has 0 N–H and O–H groups in total. The van der Waals surface area contributed by atoms with Gasteiger partial charge in [-0.3, -0.25) is 4.79 Å². The van der Waals surface area contributed by atoms with E-state index in [0.29, 0.717) is 5.95 Å². The van der Waals surface area contributed by atoms with Gasteiger partial charge >= 0.3 is 0 Å². The summed E-state index contributed by atoms with van der Waals surface area (Å²) in [6, 6.07) is 3.77. The van der Waals surface area contributed by atoms with Crippen molar-refractivity contribution in [3.63, 3.8) is 0 Å². The number of hydrogen-bond donors (Lipinski definition) is 0. The van der Waals surface area contributed by atoms with Gasteiger partial charge in [-0.15, -0.1) is 0 Å². The molecule has 0 bridgehead atoms. The number of aryl methyl sites for hydroxylation is 1. The predicted octanol–water partition coefficient (Wildman–Crippen LogP) is 2.09. The third kappa shape index (κ3) is 2.99. The van der Waals surface area contributed by atoms with E-state index in [9.17, 15) is 9.18 Å². The molecule has 132 valence electrons. The molecule has 2 aromatic rings.